The molecule has 0 aliphatic rings. The topological polar surface area (TPSA) is 105 Å². The number of benzene rings is 2. The molecule has 3 atom stereocenters. The van der Waals surface area contributed by atoms with Gasteiger partial charge in [-0.2, -0.15) is 0 Å². The number of rotatable bonds is 12. The summed E-state index contributed by atoms with van der Waals surface area (Å²) in [6, 6.07) is 14.2. The second kappa shape index (κ2) is 12.2. The van der Waals surface area contributed by atoms with E-state index in [9.17, 15) is 19.5 Å². The largest absolute Gasteiger partial charge is 0.484 e. The Kier molecular flexibility index (Phi) is 9.29. The van der Waals surface area contributed by atoms with E-state index in [1.165, 1.54) is 0 Å². The first-order chi connectivity index (χ1) is 17.1. The van der Waals surface area contributed by atoms with Crippen molar-refractivity contribution in [2.24, 2.45) is 11.8 Å². The van der Waals surface area contributed by atoms with Gasteiger partial charge in [0.15, 0.2) is 12.0 Å². The van der Waals surface area contributed by atoms with E-state index in [-0.39, 0.29) is 23.9 Å². The van der Waals surface area contributed by atoms with Gasteiger partial charge in [-0.25, -0.2) is 0 Å². The van der Waals surface area contributed by atoms with Crippen LogP contribution in [0.3, 0.4) is 0 Å². The van der Waals surface area contributed by atoms with Gasteiger partial charge < -0.3 is 20.5 Å². The van der Waals surface area contributed by atoms with E-state index in [0.29, 0.717) is 28.3 Å². The Hall–Kier alpha value is -3.16. The first kappa shape index (κ1) is 27.4. The molecule has 3 rings (SSSR count). The summed E-state index contributed by atoms with van der Waals surface area (Å²) in [4.78, 5) is 38.3. The zero-order valence-corrected chi connectivity index (χ0v) is 21.7. The molecule has 3 N–H and O–H groups in total. The zero-order valence-electron chi connectivity index (χ0n) is 21.0. The monoisotopic (exact) mass is 512 g/mol. The highest BCUT2D eigenvalue weighted by atomic mass is 35.5. The molecule has 3 aromatic carbocycles. The smallest absolute Gasteiger partial charge is 0.258 e. The number of halogens is 1. The van der Waals surface area contributed by atoms with E-state index in [1.54, 1.807) is 24.3 Å². The minimum Gasteiger partial charge on any atom is -0.484 e. The van der Waals surface area contributed by atoms with Crippen molar-refractivity contribution in [3.63, 3.8) is 0 Å². The molecule has 2 amide bonds. The summed E-state index contributed by atoms with van der Waals surface area (Å²) in [6.07, 6.45) is -0.753. The molecular weight excluding hydrogens is 480 g/mol. The van der Waals surface area contributed by atoms with Crippen LogP contribution in [0.25, 0.3) is 11.1 Å². The number of carbonyl (C=O) groups excluding carboxylic acids is 2. The van der Waals surface area contributed by atoms with Gasteiger partial charge in [0.25, 0.3) is 5.91 Å². The molecule has 0 fully saturated rings. The maximum absolute atomic E-state index is 13.2. The van der Waals surface area contributed by atoms with Crippen molar-refractivity contribution in [1.29, 1.82) is 0 Å². The van der Waals surface area contributed by atoms with Crippen LogP contribution < -0.4 is 20.8 Å². The van der Waals surface area contributed by atoms with Crippen molar-refractivity contribution in [3.05, 3.63) is 75.4 Å². The molecule has 0 aliphatic heterocycles. The Morgan fingerprint density at radius 3 is 2.19 bits per heavy atom. The fraction of sp³-hybridized carbons (Fsp3) is 0.393. The molecule has 0 unspecified atom stereocenters. The molecule has 0 radical (unpaired) electrons. The quantitative estimate of drug-likeness (QED) is 0.340. The van der Waals surface area contributed by atoms with Crippen molar-refractivity contribution in [1.82, 2.24) is 10.6 Å². The normalized spacial score (nSPS) is 14.0. The lowest BCUT2D eigenvalue weighted by Crippen LogP contribution is -2.53. The predicted molar refractivity (Wildman–Crippen MR) is 141 cm³/mol. The Morgan fingerprint density at radius 1 is 0.972 bits per heavy atom. The van der Waals surface area contributed by atoms with Crippen molar-refractivity contribution in [2.45, 2.75) is 52.3 Å². The number of carbonyl (C=O) groups is 2. The number of aliphatic hydroxyl groups excluding tert-OH is 1. The van der Waals surface area contributed by atoms with Crippen molar-refractivity contribution in [3.8, 4) is 16.9 Å². The Balaban J connectivity index is 1.66. The van der Waals surface area contributed by atoms with Crippen LogP contribution in [0.15, 0.2) is 59.4 Å². The van der Waals surface area contributed by atoms with Crippen LogP contribution >= 0.6 is 11.6 Å². The fourth-order valence-electron chi connectivity index (χ4n) is 4.03. The third kappa shape index (κ3) is 7.18. The third-order valence-corrected chi connectivity index (χ3v) is 6.20. The molecule has 36 heavy (non-hydrogen) atoms. The van der Waals surface area contributed by atoms with Crippen LogP contribution in [-0.4, -0.2) is 35.6 Å². The first-order valence-electron chi connectivity index (χ1n) is 12.1. The molecule has 0 bridgehead atoms. The summed E-state index contributed by atoms with van der Waals surface area (Å²) in [5.41, 5.74) is 1.37. The minimum absolute atomic E-state index is 0.123. The molecule has 3 aromatic rings. The second-order valence-corrected chi connectivity index (χ2v) is 10.1. The lowest BCUT2D eigenvalue weighted by molar-refractivity contribution is -0.131. The van der Waals surface area contributed by atoms with Crippen LogP contribution in [0.2, 0.25) is 5.02 Å². The van der Waals surface area contributed by atoms with Crippen LogP contribution in [0, 0.1) is 11.8 Å². The molecule has 0 aromatic heterocycles. The SMILES string of the molecule is CC(C)C[C@H](NC(=O)COc1ccc(Cl)cc1)C(=O)N[C@@H](C(C)C)[C@@H](O)c1c(-c2ccccc2)c1=O. The number of hydrogen-bond donors (Lipinski definition) is 3. The highest BCUT2D eigenvalue weighted by Crippen LogP contribution is 2.33. The minimum atomic E-state index is -1.15. The molecule has 0 spiro atoms. The summed E-state index contributed by atoms with van der Waals surface area (Å²) in [5.74, 6) is -0.419. The summed E-state index contributed by atoms with van der Waals surface area (Å²) in [6.45, 7) is 7.36. The highest BCUT2D eigenvalue weighted by molar-refractivity contribution is 6.30. The van der Waals surface area contributed by atoms with Gasteiger partial charge in [-0.3, -0.25) is 14.4 Å². The van der Waals surface area contributed by atoms with Gasteiger partial charge in [0.2, 0.25) is 5.91 Å². The number of amides is 2. The van der Waals surface area contributed by atoms with E-state index in [2.05, 4.69) is 10.6 Å². The molecule has 0 saturated carbocycles. The summed E-state index contributed by atoms with van der Waals surface area (Å²) in [5, 5.41) is 17.2. The van der Waals surface area contributed by atoms with Crippen molar-refractivity contribution in [2.75, 3.05) is 6.61 Å². The Bertz CT molecular complexity index is 1170. The van der Waals surface area contributed by atoms with Gasteiger partial charge >= 0.3 is 0 Å². The lowest BCUT2D eigenvalue weighted by Gasteiger charge is -2.29. The summed E-state index contributed by atoms with van der Waals surface area (Å²) in [7, 11) is 0. The van der Waals surface area contributed by atoms with E-state index >= 15 is 0 Å². The third-order valence-electron chi connectivity index (χ3n) is 5.95. The van der Waals surface area contributed by atoms with Gasteiger partial charge in [-0.15, -0.1) is 0 Å². The number of ether oxygens (including phenoxy) is 1. The first-order valence-corrected chi connectivity index (χ1v) is 12.5. The molecular formula is C28H33ClN2O5. The van der Waals surface area contributed by atoms with E-state index in [1.807, 2.05) is 58.0 Å². The van der Waals surface area contributed by atoms with E-state index < -0.39 is 30.0 Å². The molecule has 0 aliphatic carbocycles. The molecule has 7 nitrogen and oxygen atoms in total. The molecule has 0 saturated heterocycles. The number of hydrogen-bond acceptors (Lipinski definition) is 5. The van der Waals surface area contributed by atoms with Crippen LogP contribution in [0.5, 0.6) is 5.75 Å². The molecule has 8 heteroatoms. The summed E-state index contributed by atoms with van der Waals surface area (Å²) >= 11 is 5.86. The van der Waals surface area contributed by atoms with Gasteiger partial charge in [0.05, 0.1) is 6.04 Å². The summed E-state index contributed by atoms with van der Waals surface area (Å²) < 4.78 is 5.49. The molecule has 192 valence electrons. The van der Waals surface area contributed by atoms with E-state index in [4.69, 9.17) is 16.3 Å². The molecule has 0 heterocycles. The fourth-order valence-corrected chi connectivity index (χ4v) is 4.16. The van der Waals surface area contributed by atoms with Crippen molar-refractivity contribution < 1.29 is 19.4 Å². The number of nitrogens with one attached hydrogen (secondary N) is 2. The highest BCUT2D eigenvalue weighted by Gasteiger charge is 2.37. The average Bonchev–Trinajstić information content (AvgIpc) is 3.52. The standard InChI is InChI=1S/C28H33ClN2O5/c1-16(2)14-21(30-22(32)15-36-20-12-10-19(29)11-13-20)28(35)31-25(17(3)4)27(34)24-23(26(24)33)18-8-6-5-7-9-18/h5-13,16-17,21,25,27,34H,14-15H2,1-4H3,(H,30,32)(H,31,35)/t21-,25-,27-/m0/s1. The Morgan fingerprint density at radius 2 is 1.61 bits per heavy atom. The Labute approximate surface area is 216 Å². The van der Waals surface area contributed by atoms with Crippen molar-refractivity contribution >= 4 is 23.4 Å². The number of aliphatic hydroxyl groups is 1. The second-order valence-electron chi connectivity index (χ2n) is 9.70. The van der Waals surface area contributed by atoms with Gasteiger partial charge in [0, 0.05) is 16.1 Å². The average molecular weight is 513 g/mol. The van der Waals surface area contributed by atoms with Crippen LogP contribution in [-0.2, 0) is 9.59 Å². The van der Waals surface area contributed by atoms with Crippen LogP contribution in [0.4, 0.5) is 0 Å². The maximum atomic E-state index is 13.2. The van der Waals surface area contributed by atoms with Gasteiger partial charge in [-0.1, -0.05) is 69.6 Å². The zero-order chi connectivity index (χ0) is 26.4. The van der Waals surface area contributed by atoms with Gasteiger partial charge in [-0.05, 0) is 48.1 Å². The van der Waals surface area contributed by atoms with E-state index in [0.717, 1.165) is 5.56 Å². The van der Waals surface area contributed by atoms with Crippen LogP contribution in [0.1, 0.15) is 45.8 Å². The lowest BCUT2D eigenvalue weighted by atomic mass is 9.95. The van der Waals surface area contributed by atoms with Gasteiger partial charge in [0.1, 0.15) is 17.9 Å². The maximum Gasteiger partial charge on any atom is 0.258 e. The predicted octanol–water partition coefficient (Wildman–Crippen LogP) is 4.03.